The van der Waals surface area contributed by atoms with E-state index in [-0.39, 0.29) is 17.7 Å². The number of carbonyl (C=O) groups excluding carboxylic acids is 1. The van der Waals surface area contributed by atoms with Crippen LogP contribution in [-0.2, 0) is 15.0 Å². The van der Waals surface area contributed by atoms with E-state index < -0.39 is 17.0 Å². The summed E-state index contributed by atoms with van der Waals surface area (Å²) in [6.45, 7) is 6.11. The first-order chi connectivity index (χ1) is 9.70. The molecule has 5 nitrogen and oxygen atoms in total. The van der Waals surface area contributed by atoms with Gasteiger partial charge in [0.2, 0.25) is 5.89 Å². The molecule has 0 fully saturated rings. The van der Waals surface area contributed by atoms with Crippen molar-refractivity contribution in [3.63, 3.8) is 0 Å². The van der Waals surface area contributed by atoms with E-state index in [1.807, 2.05) is 32.9 Å². The number of benzene rings is 1. The zero-order valence-electron chi connectivity index (χ0n) is 12.1. The molecule has 1 N–H and O–H groups in total. The number of fused-ring (bicyclic) bond motifs is 1. The Morgan fingerprint density at radius 2 is 2.05 bits per heavy atom. The van der Waals surface area contributed by atoms with E-state index in [1.54, 1.807) is 6.07 Å². The smallest absolute Gasteiger partial charge is 0.316 e. The number of hydrogen-bond donors (Lipinski definition) is 2. The second-order valence-corrected chi connectivity index (χ2v) is 6.44. The number of para-hydroxylation sites is 1. The molecule has 1 unspecified atom stereocenters. The van der Waals surface area contributed by atoms with Crippen molar-refractivity contribution < 1.29 is 19.1 Å². The Bertz CT molecular complexity index is 699. The summed E-state index contributed by atoms with van der Waals surface area (Å²) in [5.41, 5.74) is 1.95. The SMILES string of the molecule is CC(C)(C)c1cccc2nc(C(CC(=O)S)C(=O)O)oc12. The maximum atomic E-state index is 11.3. The van der Waals surface area contributed by atoms with Crippen molar-refractivity contribution in [1.82, 2.24) is 4.98 Å². The van der Waals surface area contributed by atoms with Crippen LogP contribution >= 0.6 is 12.6 Å². The monoisotopic (exact) mass is 307 g/mol. The van der Waals surface area contributed by atoms with Crippen molar-refractivity contribution in [3.8, 4) is 0 Å². The molecule has 1 aromatic carbocycles. The molecule has 1 atom stereocenters. The lowest BCUT2D eigenvalue weighted by Gasteiger charge is -2.18. The third-order valence-corrected chi connectivity index (χ3v) is 3.40. The van der Waals surface area contributed by atoms with E-state index in [2.05, 4.69) is 17.6 Å². The van der Waals surface area contributed by atoms with Crippen LogP contribution in [0.2, 0.25) is 0 Å². The molecule has 1 aromatic heterocycles. The Morgan fingerprint density at radius 3 is 2.57 bits per heavy atom. The zero-order valence-corrected chi connectivity index (χ0v) is 13.0. The summed E-state index contributed by atoms with van der Waals surface area (Å²) in [7, 11) is 0. The maximum absolute atomic E-state index is 11.3. The van der Waals surface area contributed by atoms with Crippen molar-refractivity contribution >= 4 is 34.8 Å². The minimum atomic E-state index is -1.15. The van der Waals surface area contributed by atoms with E-state index in [9.17, 15) is 14.7 Å². The van der Waals surface area contributed by atoms with E-state index >= 15 is 0 Å². The van der Waals surface area contributed by atoms with Crippen LogP contribution in [0.4, 0.5) is 0 Å². The number of carboxylic acid groups (broad SMARTS) is 1. The van der Waals surface area contributed by atoms with Crippen LogP contribution in [-0.4, -0.2) is 21.2 Å². The Kier molecular flexibility index (Phi) is 4.09. The molecule has 0 saturated carbocycles. The molecule has 0 aliphatic carbocycles. The summed E-state index contributed by atoms with van der Waals surface area (Å²) in [5, 5.41) is 8.73. The number of carbonyl (C=O) groups is 2. The van der Waals surface area contributed by atoms with E-state index in [0.29, 0.717) is 11.1 Å². The molecule has 0 radical (unpaired) electrons. The van der Waals surface area contributed by atoms with Gasteiger partial charge in [-0.15, -0.1) is 12.6 Å². The van der Waals surface area contributed by atoms with Gasteiger partial charge in [-0.2, -0.15) is 0 Å². The third-order valence-electron chi connectivity index (χ3n) is 3.21. The van der Waals surface area contributed by atoms with Gasteiger partial charge in [0.25, 0.3) is 0 Å². The molecular formula is C15H17NO4S. The highest BCUT2D eigenvalue weighted by Gasteiger charge is 2.29. The van der Waals surface area contributed by atoms with Crippen LogP contribution in [0.25, 0.3) is 11.1 Å². The van der Waals surface area contributed by atoms with Crippen LogP contribution in [0.5, 0.6) is 0 Å². The second kappa shape index (κ2) is 5.52. The minimum absolute atomic E-state index is 0.0385. The van der Waals surface area contributed by atoms with Gasteiger partial charge in [0.15, 0.2) is 10.7 Å². The highest BCUT2D eigenvalue weighted by atomic mass is 32.1. The number of nitrogens with zero attached hydrogens (tertiary/aromatic N) is 1. The zero-order chi connectivity index (χ0) is 15.8. The molecular weight excluding hydrogens is 290 g/mol. The lowest BCUT2D eigenvalue weighted by atomic mass is 9.86. The number of rotatable bonds is 4. The lowest BCUT2D eigenvalue weighted by Crippen LogP contribution is -2.14. The first-order valence-electron chi connectivity index (χ1n) is 6.54. The summed E-state index contributed by atoms with van der Waals surface area (Å²) >= 11 is 3.64. The Morgan fingerprint density at radius 1 is 1.38 bits per heavy atom. The van der Waals surface area contributed by atoms with Crippen LogP contribution in [0.15, 0.2) is 22.6 Å². The van der Waals surface area contributed by atoms with Crippen molar-refractivity contribution in [2.45, 2.75) is 38.5 Å². The predicted molar refractivity (Wildman–Crippen MR) is 81.7 cm³/mol. The number of aliphatic carboxylic acids is 1. The number of aromatic nitrogens is 1. The van der Waals surface area contributed by atoms with Gasteiger partial charge in [0.1, 0.15) is 11.4 Å². The fourth-order valence-corrected chi connectivity index (χ4v) is 2.34. The quantitative estimate of drug-likeness (QED) is 0.848. The number of oxazole rings is 1. The van der Waals surface area contributed by atoms with Gasteiger partial charge in [0.05, 0.1) is 0 Å². The van der Waals surface area contributed by atoms with Crippen LogP contribution in [0, 0.1) is 0 Å². The van der Waals surface area contributed by atoms with Crippen molar-refractivity contribution in [3.05, 3.63) is 29.7 Å². The second-order valence-electron chi connectivity index (χ2n) is 5.94. The van der Waals surface area contributed by atoms with E-state index in [0.717, 1.165) is 5.56 Å². The summed E-state index contributed by atoms with van der Waals surface area (Å²) in [6, 6.07) is 5.55. The van der Waals surface area contributed by atoms with Gasteiger partial charge in [-0.25, -0.2) is 4.98 Å². The largest absolute Gasteiger partial charge is 0.481 e. The molecule has 0 aliphatic rings. The van der Waals surface area contributed by atoms with Crippen LogP contribution < -0.4 is 0 Å². The predicted octanol–water partition coefficient (Wildman–Crippen LogP) is 3.14. The van der Waals surface area contributed by atoms with Crippen molar-refractivity contribution in [2.24, 2.45) is 0 Å². The van der Waals surface area contributed by atoms with Gasteiger partial charge >= 0.3 is 5.97 Å². The molecule has 2 aromatic rings. The van der Waals surface area contributed by atoms with Crippen molar-refractivity contribution in [1.29, 1.82) is 0 Å². The van der Waals surface area contributed by atoms with E-state index in [1.165, 1.54) is 0 Å². The normalized spacial score (nSPS) is 13.3. The highest BCUT2D eigenvalue weighted by Crippen LogP contribution is 2.32. The molecule has 2 rings (SSSR count). The summed E-state index contributed by atoms with van der Waals surface area (Å²) in [6.07, 6.45) is -0.254. The lowest BCUT2D eigenvalue weighted by molar-refractivity contribution is -0.140. The molecule has 1 heterocycles. The van der Waals surface area contributed by atoms with Gasteiger partial charge < -0.3 is 9.52 Å². The van der Waals surface area contributed by atoms with Gasteiger partial charge in [-0.1, -0.05) is 32.9 Å². The standard InChI is InChI=1S/C15H17NO4S/c1-15(2,3)9-5-4-6-10-12(9)20-13(16-10)8(14(18)19)7-11(17)21/h4-6,8H,7H2,1-3H3,(H,17,21)(H,18,19). The van der Waals surface area contributed by atoms with Gasteiger partial charge in [-0.05, 0) is 11.5 Å². The molecule has 0 spiro atoms. The summed E-state index contributed by atoms with van der Waals surface area (Å²) < 4.78 is 5.67. The first kappa shape index (κ1) is 15.6. The Balaban J connectivity index is 2.56. The Hall–Kier alpha value is -1.82. The first-order valence-corrected chi connectivity index (χ1v) is 6.99. The van der Waals surface area contributed by atoms with E-state index in [4.69, 9.17) is 4.42 Å². The molecule has 0 saturated heterocycles. The van der Waals surface area contributed by atoms with Crippen molar-refractivity contribution in [2.75, 3.05) is 0 Å². The number of carboxylic acids is 1. The molecule has 0 bridgehead atoms. The molecule has 21 heavy (non-hydrogen) atoms. The molecule has 0 amide bonds. The average Bonchev–Trinajstić information content (AvgIpc) is 2.76. The number of hydrogen-bond acceptors (Lipinski definition) is 4. The average molecular weight is 307 g/mol. The maximum Gasteiger partial charge on any atom is 0.316 e. The molecule has 112 valence electrons. The topological polar surface area (TPSA) is 80.4 Å². The van der Waals surface area contributed by atoms with Crippen LogP contribution in [0.1, 0.15) is 44.6 Å². The third kappa shape index (κ3) is 3.26. The highest BCUT2D eigenvalue weighted by molar-refractivity contribution is 7.96. The van der Waals surface area contributed by atoms with Gasteiger partial charge in [-0.3, -0.25) is 9.59 Å². The van der Waals surface area contributed by atoms with Crippen LogP contribution in [0.3, 0.4) is 0 Å². The number of thiol groups is 1. The van der Waals surface area contributed by atoms with Gasteiger partial charge in [0, 0.05) is 12.0 Å². The fourth-order valence-electron chi connectivity index (χ4n) is 2.16. The summed E-state index contributed by atoms with van der Waals surface area (Å²) in [5.74, 6) is -2.23. The molecule has 6 heteroatoms. The fraction of sp³-hybridized carbons (Fsp3) is 0.400. The summed E-state index contributed by atoms with van der Waals surface area (Å²) in [4.78, 5) is 26.6. The minimum Gasteiger partial charge on any atom is -0.481 e. The Labute approximate surface area is 127 Å². The molecule has 0 aliphatic heterocycles.